The van der Waals surface area contributed by atoms with Crippen molar-refractivity contribution in [2.45, 2.75) is 45.7 Å². The number of nitrogens with two attached hydrogens (primary N) is 1. The third-order valence-electron chi connectivity index (χ3n) is 5.60. The maximum atomic E-state index is 13.0. The van der Waals surface area contributed by atoms with E-state index < -0.39 is 13.0 Å². The highest BCUT2D eigenvalue weighted by molar-refractivity contribution is 5.88. The van der Waals surface area contributed by atoms with Crippen molar-refractivity contribution in [1.82, 2.24) is 29.1 Å². The predicted molar refractivity (Wildman–Crippen MR) is 110 cm³/mol. The molecule has 0 spiro atoms. The quantitative estimate of drug-likeness (QED) is 0.503. The van der Waals surface area contributed by atoms with Crippen LogP contribution in [0.25, 0.3) is 27.9 Å². The molecule has 0 amide bonds. The molecule has 0 radical (unpaired) electrons. The van der Waals surface area contributed by atoms with Crippen LogP contribution in [-0.2, 0) is 6.54 Å². The minimum absolute atomic E-state index is 0.291. The van der Waals surface area contributed by atoms with Crippen molar-refractivity contribution in [3.63, 3.8) is 0 Å². The van der Waals surface area contributed by atoms with Crippen LogP contribution in [0.4, 0.5) is 20.5 Å². The lowest BCUT2D eigenvalue weighted by atomic mass is 10.2. The van der Waals surface area contributed by atoms with Crippen LogP contribution in [0.5, 0.6) is 0 Å². The van der Waals surface area contributed by atoms with Crippen molar-refractivity contribution < 1.29 is 8.78 Å². The molecule has 5 rings (SSSR count). The molecular formula is C20H22F2N8. The highest BCUT2D eigenvalue weighted by Gasteiger charge is 2.28. The number of fused-ring (bicyclic) bond motifs is 2. The van der Waals surface area contributed by atoms with Crippen molar-refractivity contribution in [3.8, 4) is 11.3 Å². The number of nitrogen functional groups attached to an aromatic ring is 1. The number of rotatable bonds is 6. The Labute approximate surface area is 171 Å². The Morgan fingerprint density at radius 3 is 2.73 bits per heavy atom. The van der Waals surface area contributed by atoms with E-state index in [0.29, 0.717) is 51.9 Å². The van der Waals surface area contributed by atoms with Gasteiger partial charge in [0, 0.05) is 17.8 Å². The molecule has 1 saturated carbocycles. The van der Waals surface area contributed by atoms with Crippen LogP contribution in [0.15, 0.2) is 24.4 Å². The molecule has 1 atom stereocenters. The van der Waals surface area contributed by atoms with Gasteiger partial charge in [0.15, 0.2) is 11.5 Å². The standard InChI is InChI=1S/C20H22F2N8/c1-10(12-3-4-12)24-20-27-18(23)17-13(7-8-30(17)28-20)14-5-6-15-19(26-14)29(9-16(21)22)11(2)25-15/h5-8,10,12,16H,3-4,9H2,1-2H3,(H3,23,24,27,28)/t10-/m1/s1. The van der Waals surface area contributed by atoms with E-state index in [1.165, 1.54) is 17.4 Å². The van der Waals surface area contributed by atoms with Crippen molar-refractivity contribution in [2.75, 3.05) is 11.1 Å². The number of nitrogens with one attached hydrogen (secondary N) is 1. The molecule has 0 aliphatic heterocycles. The zero-order valence-corrected chi connectivity index (χ0v) is 16.7. The summed E-state index contributed by atoms with van der Waals surface area (Å²) in [6, 6.07) is 5.72. The second kappa shape index (κ2) is 6.89. The Morgan fingerprint density at radius 2 is 2.00 bits per heavy atom. The second-order valence-electron chi connectivity index (χ2n) is 7.81. The van der Waals surface area contributed by atoms with E-state index in [4.69, 9.17) is 5.73 Å². The molecule has 0 aromatic carbocycles. The fraction of sp³-hybridized carbons (Fsp3) is 0.400. The largest absolute Gasteiger partial charge is 0.382 e. The van der Waals surface area contributed by atoms with Crippen LogP contribution >= 0.6 is 0 Å². The van der Waals surface area contributed by atoms with Gasteiger partial charge in [-0.3, -0.25) is 0 Å². The Kier molecular flexibility index (Phi) is 4.30. The lowest BCUT2D eigenvalue weighted by Crippen LogP contribution is -2.20. The molecule has 4 aromatic heterocycles. The minimum Gasteiger partial charge on any atom is -0.382 e. The Balaban J connectivity index is 1.56. The van der Waals surface area contributed by atoms with Gasteiger partial charge in [0.05, 0.1) is 12.2 Å². The van der Waals surface area contributed by atoms with Gasteiger partial charge in [-0.15, -0.1) is 5.10 Å². The summed E-state index contributed by atoms with van der Waals surface area (Å²) in [5, 5.41) is 7.84. The summed E-state index contributed by atoms with van der Waals surface area (Å²) in [7, 11) is 0. The first-order chi connectivity index (χ1) is 14.4. The minimum atomic E-state index is -2.49. The smallest absolute Gasteiger partial charge is 0.256 e. The number of nitrogens with zero attached hydrogens (tertiary/aromatic N) is 6. The average molecular weight is 412 g/mol. The van der Waals surface area contributed by atoms with Gasteiger partial charge >= 0.3 is 0 Å². The molecule has 4 aromatic rings. The van der Waals surface area contributed by atoms with E-state index in [0.717, 1.165) is 5.56 Å². The zero-order valence-electron chi connectivity index (χ0n) is 16.7. The summed E-state index contributed by atoms with van der Waals surface area (Å²) in [4.78, 5) is 13.4. The normalized spacial score (nSPS) is 15.4. The molecule has 10 heteroatoms. The summed E-state index contributed by atoms with van der Waals surface area (Å²) >= 11 is 0. The summed E-state index contributed by atoms with van der Waals surface area (Å²) < 4.78 is 29.1. The van der Waals surface area contributed by atoms with Gasteiger partial charge in [-0.25, -0.2) is 23.3 Å². The van der Waals surface area contributed by atoms with Crippen LogP contribution in [0.3, 0.4) is 0 Å². The molecule has 1 fully saturated rings. The summed E-state index contributed by atoms with van der Waals surface area (Å²) in [5.41, 5.74) is 9.22. The molecule has 30 heavy (non-hydrogen) atoms. The first-order valence-electron chi connectivity index (χ1n) is 9.94. The molecule has 4 heterocycles. The third kappa shape index (κ3) is 3.21. The Morgan fingerprint density at radius 1 is 1.20 bits per heavy atom. The SMILES string of the molecule is Cc1nc2ccc(-c3ccn4nc(N[C@H](C)C5CC5)nc(N)c34)nc2n1CC(F)F. The number of hydrogen-bond acceptors (Lipinski definition) is 6. The van der Waals surface area contributed by atoms with Crippen molar-refractivity contribution in [2.24, 2.45) is 5.92 Å². The first-order valence-corrected chi connectivity index (χ1v) is 9.94. The Hall–Kier alpha value is -3.30. The topological polar surface area (TPSA) is 98.9 Å². The second-order valence-corrected chi connectivity index (χ2v) is 7.81. The lowest BCUT2D eigenvalue weighted by molar-refractivity contribution is 0.127. The lowest BCUT2D eigenvalue weighted by Gasteiger charge is -2.13. The number of pyridine rings is 1. The van der Waals surface area contributed by atoms with Gasteiger partial charge in [0.1, 0.15) is 16.9 Å². The molecule has 0 unspecified atom stereocenters. The highest BCUT2D eigenvalue weighted by atomic mass is 19.3. The number of hydrogen-bond donors (Lipinski definition) is 2. The van der Waals surface area contributed by atoms with Crippen molar-refractivity contribution in [1.29, 1.82) is 0 Å². The van der Waals surface area contributed by atoms with Gasteiger partial charge in [0.25, 0.3) is 6.43 Å². The average Bonchev–Trinajstić information content (AvgIpc) is 3.39. The fourth-order valence-electron chi connectivity index (χ4n) is 3.86. The molecule has 156 valence electrons. The molecule has 0 saturated heterocycles. The predicted octanol–water partition coefficient (Wildman–Crippen LogP) is 3.51. The van der Waals surface area contributed by atoms with E-state index in [1.54, 1.807) is 29.8 Å². The molecule has 8 nitrogen and oxygen atoms in total. The fourth-order valence-corrected chi connectivity index (χ4v) is 3.86. The van der Waals surface area contributed by atoms with Crippen LogP contribution in [0.1, 0.15) is 25.6 Å². The number of imidazole rings is 1. The van der Waals surface area contributed by atoms with E-state index in [9.17, 15) is 8.78 Å². The van der Waals surface area contributed by atoms with Crippen LogP contribution in [0, 0.1) is 12.8 Å². The number of aryl methyl sites for hydroxylation is 1. The Bertz CT molecular complexity index is 1240. The molecule has 1 aliphatic rings. The monoisotopic (exact) mass is 412 g/mol. The van der Waals surface area contributed by atoms with E-state index in [-0.39, 0.29) is 0 Å². The maximum absolute atomic E-state index is 13.0. The van der Waals surface area contributed by atoms with Crippen molar-refractivity contribution >= 4 is 28.4 Å². The molecule has 0 bridgehead atoms. The number of anilines is 2. The van der Waals surface area contributed by atoms with Crippen LogP contribution in [-0.4, -0.2) is 41.6 Å². The maximum Gasteiger partial charge on any atom is 0.256 e. The van der Waals surface area contributed by atoms with Crippen LogP contribution in [0.2, 0.25) is 0 Å². The first kappa shape index (κ1) is 18.7. The van der Waals surface area contributed by atoms with Gasteiger partial charge in [-0.2, -0.15) is 4.98 Å². The summed E-state index contributed by atoms with van der Waals surface area (Å²) in [6.07, 6.45) is 1.74. The zero-order chi connectivity index (χ0) is 21.0. The van der Waals surface area contributed by atoms with Gasteiger partial charge in [-0.1, -0.05) is 0 Å². The van der Waals surface area contributed by atoms with Gasteiger partial charge in [-0.05, 0) is 50.8 Å². The van der Waals surface area contributed by atoms with Crippen LogP contribution < -0.4 is 11.1 Å². The summed E-state index contributed by atoms with van der Waals surface area (Å²) in [6.45, 7) is 3.36. The third-order valence-corrected chi connectivity index (χ3v) is 5.60. The van der Waals surface area contributed by atoms with E-state index in [1.807, 2.05) is 6.07 Å². The highest BCUT2D eigenvalue weighted by Crippen LogP contribution is 2.34. The van der Waals surface area contributed by atoms with E-state index >= 15 is 0 Å². The molecular weight excluding hydrogens is 390 g/mol. The number of aromatic nitrogens is 6. The molecule has 1 aliphatic carbocycles. The van der Waals surface area contributed by atoms with E-state index in [2.05, 4.69) is 32.3 Å². The van der Waals surface area contributed by atoms with Gasteiger partial charge < -0.3 is 15.6 Å². The molecule has 3 N–H and O–H groups in total. The number of alkyl halides is 2. The summed E-state index contributed by atoms with van der Waals surface area (Å²) in [5.74, 6) is 1.97. The van der Waals surface area contributed by atoms with Gasteiger partial charge in [0.2, 0.25) is 5.95 Å². The number of halogens is 2. The van der Waals surface area contributed by atoms with Crippen molar-refractivity contribution in [3.05, 3.63) is 30.2 Å².